The van der Waals surface area contributed by atoms with Crippen molar-refractivity contribution in [3.05, 3.63) is 53.2 Å². The molecule has 3 aromatic rings. The van der Waals surface area contributed by atoms with Crippen LogP contribution < -0.4 is 19.5 Å². The highest BCUT2D eigenvalue weighted by molar-refractivity contribution is 5.88. The van der Waals surface area contributed by atoms with E-state index in [0.717, 1.165) is 39.2 Å². The summed E-state index contributed by atoms with van der Waals surface area (Å²) in [7, 11) is 3.06. The highest BCUT2D eigenvalue weighted by atomic mass is 16.7. The average Bonchev–Trinajstić information content (AvgIpc) is 3.35. The van der Waals surface area contributed by atoms with Gasteiger partial charge in [-0.15, -0.1) is 0 Å². The molecule has 2 atom stereocenters. The third-order valence-electron chi connectivity index (χ3n) is 5.43. The number of fused-ring (bicyclic) bond motifs is 4. The van der Waals surface area contributed by atoms with Gasteiger partial charge in [-0.3, -0.25) is 10.1 Å². The zero-order valence-corrected chi connectivity index (χ0v) is 15.6. The van der Waals surface area contributed by atoms with Gasteiger partial charge in [0.25, 0.3) is 0 Å². The third-order valence-corrected chi connectivity index (χ3v) is 5.43. The number of ether oxygens (including phenoxy) is 4. The second-order valence-electron chi connectivity index (χ2n) is 6.92. The van der Waals surface area contributed by atoms with E-state index in [-0.39, 0.29) is 18.8 Å². The molecule has 2 N–H and O–H groups in total. The van der Waals surface area contributed by atoms with Crippen LogP contribution in [0.4, 0.5) is 0 Å². The lowest BCUT2D eigenvalue weighted by molar-refractivity contribution is -0.143. The van der Waals surface area contributed by atoms with E-state index in [9.17, 15) is 4.79 Å². The van der Waals surface area contributed by atoms with Crippen LogP contribution in [0.15, 0.2) is 36.4 Å². The molecule has 0 fully saturated rings. The van der Waals surface area contributed by atoms with E-state index in [2.05, 4.69) is 10.3 Å². The summed E-state index contributed by atoms with van der Waals surface area (Å²) in [6, 6.07) is 11.1. The van der Waals surface area contributed by atoms with E-state index in [0.29, 0.717) is 12.2 Å². The Bertz CT molecular complexity index is 1070. The summed E-state index contributed by atoms with van der Waals surface area (Å²) in [5.74, 6) is 1.93. The van der Waals surface area contributed by atoms with Crippen LogP contribution in [0.1, 0.15) is 22.9 Å². The number of hydrogen-bond acceptors (Lipinski definition) is 6. The lowest BCUT2D eigenvalue weighted by atomic mass is 9.90. The van der Waals surface area contributed by atoms with E-state index in [4.69, 9.17) is 18.9 Å². The molecule has 0 unspecified atom stereocenters. The van der Waals surface area contributed by atoms with E-state index in [1.165, 1.54) is 7.11 Å². The van der Waals surface area contributed by atoms with Crippen molar-refractivity contribution in [3.8, 4) is 17.2 Å². The number of nitrogens with one attached hydrogen (secondary N) is 2. The van der Waals surface area contributed by atoms with Crippen molar-refractivity contribution in [3.63, 3.8) is 0 Å². The van der Waals surface area contributed by atoms with Crippen LogP contribution in [0.2, 0.25) is 0 Å². The SMILES string of the molecule is COC(=O)[C@H]1Cc2c([nH]c3ccc(OC)cc23)[C@@H](c2ccc3c(c2)OCO3)N1. The van der Waals surface area contributed by atoms with E-state index < -0.39 is 6.04 Å². The maximum atomic E-state index is 12.4. The predicted molar refractivity (Wildman–Crippen MR) is 102 cm³/mol. The number of carbonyl (C=O) groups excluding carboxylic acids is 1. The maximum Gasteiger partial charge on any atom is 0.323 e. The van der Waals surface area contributed by atoms with Crippen molar-refractivity contribution < 1.29 is 23.7 Å². The number of esters is 1. The van der Waals surface area contributed by atoms with Crippen molar-refractivity contribution >= 4 is 16.9 Å². The van der Waals surface area contributed by atoms with Crippen LogP contribution in [-0.2, 0) is 16.0 Å². The first kappa shape index (κ1) is 16.9. The van der Waals surface area contributed by atoms with Crippen molar-refractivity contribution in [1.29, 1.82) is 0 Å². The second-order valence-corrected chi connectivity index (χ2v) is 6.92. The number of rotatable bonds is 3. The monoisotopic (exact) mass is 380 g/mol. The van der Waals surface area contributed by atoms with Crippen LogP contribution in [0, 0.1) is 0 Å². The largest absolute Gasteiger partial charge is 0.497 e. The fourth-order valence-corrected chi connectivity index (χ4v) is 4.04. The molecular formula is C21H20N2O5. The summed E-state index contributed by atoms with van der Waals surface area (Å²) in [5.41, 5.74) is 4.11. The first-order valence-electron chi connectivity index (χ1n) is 9.10. The Kier molecular flexibility index (Phi) is 3.91. The molecule has 2 aliphatic heterocycles. The van der Waals surface area contributed by atoms with Gasteiger partial charge < -0.3 is 23.9 Å². The van der Waals surface area contributed by atoms with Crippen LogP contribution in [0.25, 0.3) is 10.9 Å². The number of carbonyl (C=O) groups is 1. The van der Waals surface area contributed by atoms with Gasteiger partial charge in [0.05, 0.1) is 20.3 Å². The zero-order valence-electron chi connectivity index (χ0n) is 15.6. The van der Waals surface area contributed by atoms with Crippen LogP contribution in [0.3, 0.4) is 0 Å². The summed E-state index contributed by atoms with van der Waals surface area (Å²) in [6.07, 6.45) is 0.538. The highest BCUT2D eigenvalue weighted by Crippen LogP contribution is 2.40. The molecule has 0 spiro atoms. The van der Waals surface area contributed by atoms with Gasteiger partial charge in [0.1, 0.15) is 11.8 Å². The summed E-state index contributed by atoms with van der Waals surface area (Å²) in [5, 5.41) is 4.48. The van der Waals surface area contributed by atoms with Gasteiger partial charge >= 0.3 is 5.97 Å². The molecule has 0 radical (unpaired) electrons. The molecule has 28 heavy (non-hydrogen) atoms. The summed E-state index contributed by atoms with van der Waals surface area (Å²) in [6.45, 7) is 0.221. The molecule has 7 heteroatoms. The highest BCUT2D eigenvalue weighted by Gasteiger charge is 2.35. The Labute approximate surface area is 161 Å². The number of aromatic nitrogens is 1. The van der Waals surface area contributed by atoms with E-state index >= 15 is 0 Å². The minimum absolute atomic E-state index is 0.208. The first-order valence-corrected chi connectivity index (χ1v) is 9.10. The number of hydrogen-bond donors (Lipinski definition) is 2. The first-order chi connectivity index (χ1) is 13.7. The Morgan fingerprint density at radius 1 is 1.11 bits per heavy atom. The number of aromatic amines is 1. The molecule has 144 valence electrons. The second kappa shape index (κ2) is 6.45. The Balaban J connectivity index is 1.66. The normalized spacial score (nSPS) is 20.1. The lowest BCUT2D eigenvalue weighted by Gasteiger charge is -2.30. The molecule has 0 saturated carbocycles. The summed E-state index contributed by atoms with van der Waals surface area (Å²) in [4.78, 5) is 15.9. The van der Waals surface area contributed by atoms with Gasteiger partial charge in [-0.1, -0.05) is 6.07 Å². The molecular weight excluding hydrogens is 360 g/mol. The van der Waals surface area contributed by atoms with Crippen LogP contribution in [0.5, 0.6) is 17.2 Å². The van der Waals surface area contributed by atoms with Crippen molar-refractivity contribution in [2.24, 2.45) is 0 Å². The molecule has 0 aliphatic carbocycles. The van der Waals surface area contributed by atoms with Crippen LogP contribution >= 0.6 is 0 Å². The smallest absolute Gasteiger partial charge is 0.323 e. The molecule has 2 aliphatic rings. The maximum absolute atomic E-state index is 12.4. The third kappa shape index (κ3) is 2.58. The van der Waals surface area contributed by atoms with Crippen molar-refractivity contribution in [1.82, 2.24) is 10.3 Å². The molecule has 2 aromatic carbocycles. The van der Waals surface area contributed by atoms with Crippen molar-refractivity contribution in [2.75, 3.05) is 21.0 Å². The van der Waals surface area contributed by atoms with Gasteiger partial charge in [0.15, 0.2) is 11.5 Å². The topological polar surface area (TPSA) is 81.8 Å². The van der Waals surface area contributed by atoms with Crippen molar-refractivity contribution in [2.45, 2.75) is 18.5 Å². The molecule has 0 saturated heterocycles. The quantitative estimate of drug-likeness (QED) is 0.680. The standard InChI is InChI=1S/C21H20N2O5/c1-25-12-4-5-15-13(8-12)14-9-16(21(24)26-2)23-19(20(14)22-15)11-3-6-17-18(7-11)28-10-27-17/h3-8,16,19,22-23H,9-10H2,1-2H3/t16-,19-/m1/s1. The molecule has 7 nitrogen and oxygen atoms in total. The molecule has 1 aromatic heterocycles. The van der Waals surface area contributed by atoms with Crippen LogP contribution in [-0.4, -0.2) is 38.0 Å². The Morgan fingerprint density at radius 3 is 2.79 bits per heavy atom. The van der Waals surface area contributed by atoms with Gasteiger partial charge in [-0.05, 0) is 41.5 Å². The van der Waals surface area contributed by atoms with Gasteiger partial charge in [-0.2, -0.15) is 0 Å². The minimum atomic E-state index is -0.446. The number of methoxy groups -OCH3 is 2. The minimum Gasteiger partial charge on any atom is -0.497 e. The van der Waals surface area contributed by atoms with E-state index in [1.54, 1.807) is 7.11 Å². The number of benzene rings is 2. The van der Waals surface area contributed by atoms with Gasteiger partial charge in [-0.25, -0.2) is 0 Å². The molecule has 0 bridgehead atoms. The predicted octanol–water partition coefficient (Wildman–Crippen LogP) is 2.68. The lowest BCUT2D eigenvalue weighted by Crippen LogP contribution is -2.45. The summed E-state index contributed by atoms with van der Waals surface area (Å²) < 4.78 is 21.4. The molecule has 0 amide bonds. The van der Waals surface area contributed by atoms with Gasteiger partial charge in [0.2, 0.25) is 6.79 Å². The Morgan fingerprint density at radius 2 is 1.96 bits per heavy atom. The average molecular weight is 380 g/mol. The molecule has 5 rings (SSSR count). The van der Waals surface area contributed by atoms with Gasteiger partial charge in [0, 0.05) is 23.0 Å². The number of H-pyrrole nitrogens is 1. The molecule has 3 heterocycles. The fraction of sp³-hybridized carbons (Fsp3) is 0.286. The van der Waals surface area contributed by atoms with E-state index in [1.807, 2.05) is 36.4 Å². The summed E-state index contributed by atoms with van der Waals surface area (Å²) >= 11 is 0. The fourth-order valence-electron chi connectivity index (χ4n) is 4.04. The Hall–Kier alpha value is -3.19. The zero-order chi connectivity index (χ0) is 19.3.